The molecule has 1 aromatic carbocycles. The summed E-state index contributed by atoms with van der Waals surface area (Å²) in [5, 5.41) is 9.22. The SMILES string of the molecule is Cc1ccc(CCC(C)O)c(C)c1Br. The lowest BCUT2D eigenvalue weighted by atomic mass is 10.0. The van der Waals surface area contributed by atoms with Crippen LogP contribution in [0, 0.1) is 13.8 Å². The molecule has 0 bridgehead atoms. The highest BCUT2D eigenvalue weighted by molar-refractivity contribution is 9.10. The third kappa shape index (κ3) is 2.82. The van der Waals surface area contributed by atoms with Crippen LogP contribution in [0.3, 0.4) is 0 Å². The normalized spacial score (nSPS) is 12.9. The number of aryl methyl sites for hydroxylation is 2. The van der Waals surface area contributed by atoms with E-state index in [0.717, 1.165) is 12.8 Å². The minimum absolute atomic E-state index is 0.213. The van der Waals surface area contributed by atoms with Crippen molar-refractivity contribution in [2.24, 2.45) is 0 Å². The van der Waals surface area contributed by atoms with Crippen molar-refractivity contribution >= 4 is 15.9 Å². The molecule has 0 amide bonds. The minimum atomic E-state index is -0.213. The van der Waals surface area contributed by atoms with E-state index in [1.165, 1.54) is 21.2 Å². The number of hydrogen-bond donors (Lipinski definition) is 1. The molecule has 0 saturated carbocycles. The number of aliphatic hydroxyl groups excluding tert-OH is 1. The van der Waals surface area contributed by atoms with E-state index in [0.29, 0.717) is 0 Å². The van der Waals surface area contributed by atoms with Crippen molar-refractivity contribution in [3.63, 3.8) is 0 Å². The summed E-state index contributed by atoms with van der Waals surface area (Å²) in [5.41, 5.74) is 3.89. The van der Waals surface area contributed by atoms with Crippen molar-refractivity contribution in [3.8, 4) is 0 Å². The Hall–Kier alpha value is -0.340. The Kier molecular flexibility index (Phi) is 4.14. The molecular weight excluding hydrogens is 240 g/mol. The zero-order valence-electron chi connectivity index (χ0n) is 8.97. The molecule has 0 aromatic heterocycles. The van der Waals surface area contributed by atoms with Crippen molar-refractivity contribution in [1.82, 2.24) is 0 Å². The van der Waals surface area contributed by atoms with E-state index < -0.39 is 0 Å². The van der Waals surface area contributed by atoms with E-state index >= 15 is 0 Å². The standard InChI is InChI=1S/C12H17BrO/c1-8-4-6-11(7-5-9(2)14)10(3)12(8)13/h4,6,9,14H,5,7H2,1-3H3. The van der Waals surface area contributed by atoms with E-state index in [2.05, 4.69) is 41.9 Å². The van der Waals surface area contributed by atoms with Crippen molar-refractivity contribution < 1.29 is 5.11 Å². The summed E-state index contributed by atoms with van der Waals surface area (Å²) in [6.07, 6.45) is 1.56. The highest BCUT2D eigenvalue weighted by atomic mass is 79.9. The van der Waals surface area contributed by atoms with Crippen molar-refractivity contribution in [2.45, 2.75) is 39.7 Å². The number of halogens is 1. The zero-order valence-corrected chi connectivity index (χ0v) is 10.6. The van der Waals surface area contributed by atoms with Gasteiger partial charge in [0.05, 0.1) is 6.10 Å². The summed E-state index contributed by atoms with van der Waals surface area (Å²) in [7, 11) is 0. The van der Waals surface area contributed by atoms with Gasteiger partial charge < -0.3 is 5.11 Å². The van der Waals surface area contributed by atoms with Crippen LogP contribution < -0.4 is 0 Å². The summed E-state index contributed by atoms with van der Waals surface area (Å²) in [6, 6.07) is 4.27. The lowest BCUT2D eigenvalue weighted by molar-refractivity contribution is 0.185. The second kappa shape index (κ2) is 4.94. The molecule has 0 aliphatic carbocycles. The second-order valence-corrected chi connectivity index (χ2v) is 4.66. The first-order valence-electron chi connectivity index (χ1n) is 4.95. The van der Waals surface area contributed by atoms with Gasteiger partial charge in [-0.05, 0) is 50.3 Å². The molecule has 14 heavy (non-hydrogen) atoms. The van der Waals surface area contributed by atoms with Gasteiger partial charge in [-0.1, -0.05) is 28.1 Å². The van der Waals surface area contributed by atoms with Gasteiger partial charge in [-0.2, -0.15) is 0 Å². The molecule has 1 atom stereocenters. The zero-order chi connectivity index (χ0) is 10.7. The molecule has 0 saturated heterocycles. The second-order valence-electron chi connectivity index (χ2n) is 3.87. The highest BCUT2D eigenvalue weighted by Crippen LogP contribution is 2.24. The van der Waals surface area contributed by atoms with Gasteiger partial charge in [-0.25, -0.2) is 0 Å². The van der Waals surface area contributed by atoms with E-state index in [1.54, 1.807) is 0 Å². The van der Waals surface area contributed by atoms with E-state index in [9.17, 15) is 5.11 Å². The maximum absolute atomic E-state index is 9.22. The molecule has 0 heterocycles. The van der Waals surface area contributed by atoms with E-state index in [1.807, 2.05) is 6.92 Å². The molecule has 1 aromatic rings. The first kappa shape index (κ1) is 11.7. The Morgan fingerprint density at radius 2 is 2.00 bits per heavy atom. The highest BCUT2D eigenvalue weighted by Gasteiger charge is 2.05. The average molecular weight is 257 g/mol. The third-order valence-electron chi connectivity index (χ3n) is 2.52. The van der Waals surface area contributed by atoms with Crippen LogP contribution in [0.5, 0.6) is 0 Å². The van der Waals surface area contributed by atoms with Crippen LogP contribution in [-0.4, -0.2) is 11.2 Å². The molecule has 0 aliphatic heterocycles. The van der Waals surface area contributed by atoms with Gasteiger partial charge in [0.15, 0.2) is 0 Å². The monoisotopic (exact) mass is 256 g/mol. The molecule has 78 valence electrons. The lowest BCUT2D eigenvalue weighted by Gasteiger charge is -2.10. The van der Waals surface area contributed by atoms with Crippen LogP contribution in [0.1, 0.15) is 30.0 Å². The molecule has 2 heteroatoms. The molecule has 0 fully saturated rings. The van der Waals surface area contributed by atoms with Gasteiger partial charge in [0.2, 0.25) is 0 Å². The van der Waals surface area contributed by atoms with Crippen LogP contribution in [0.2, 0.25) is 0 Å². The maximum atomic E-state index is 9.22. The molecule has 1 nitrogen and oxygen atoms in total. The topological polar surface area (TPSA) is 20.2 Å². The fraction of sp³-hybridized carbons (Fsp3) is 0.500. The number of aliphatic hydroxyl groups is 1. The maximum Gasteiger partial charge on any atom is 0.0515 e. The van der Waals surface area contributed by atoms with Crippen molar-refractivity contribution in [2.75, 3.05) is 0 Å². The van der Waals surface area contributed by atoms with Crippen molar-refractivity contribution in [3.05, 3.63) is 33.3 Å². The van der Waals surface area contributed by atoms with Gasteiger partial charge in [0, 0.05) is 4.47 Å². The Labute approximate surface area is 94.3 Å². The Morgan fingerprint density at radius 1 is 1.36 bits per heavy atom. The van der Waals surface area contributed by atoms with E-state index in [4.69, 9.17) is 0 Å². The fourth-order valence-corrected chi connectivity index (χ4v) is 1.88. The number of benzene rings is 1. The summed E-state index contributed by atoms with van der Waals surface area (Å²) in [6.45, 7) is 6.04. The summed E-state index contributed by atoms with van der Waals surface area (Å²) >= 11 is 3.57. The van der Waals surface area contributed by atoms with Gasteiger partial charge in [-0.15, -0.1) is 0 Å². The van der Waals surface area contributed by atoms with Crippen LogP contribution in [0.4, 0.5) is 0 Å². The summed E-state index contributed by atoms with van der Waals surface area (Å²) < 4.78 is 1.19. The smallest absolute Gasteiger partial charge is 0.0515 e. The lowest BCUT2D eigenvalue weighted by Crippen LogP contribution is -2.02. The third-order valence-corrected chi connectivity index (χ3v) is 3.74. The largest absolute Gasteiger partial charge is 0.393 e. The Balaban J connectivity index is 2.83. The van der Waals surface area contributed by atoms with Crippen LogP contribution in [0.15, 0.2) is 16.6 Å². The Morgan fingerprint density at radius 3 is 2.57 bits per heavy atom. The van der Waals surface area contributed by atoms with Gasteiger partial charge in [0.1, 0.15) is 0 Å². The number of hydrogen-bond acceptors (Lipinski definition) is 1. The quantitative estimate of drug-likeness (QED) is 0.880. The predicted molar refractivity (Wildman–Crippen MR) is 63.6 cm³/mol. The molecule has 1 N–H and O–H groups in total. The van der Waals surface area contributed by atoms with Gasteiger partial charge >= 0.3 is 0 Å². The predicted octanol–water partition coefficient (Wildman–Crippen LogP) is 3.38. The average Bonchev–Trinajstić information content (AvgIpc) is 2.13. The minimum Gasteiger partial charge on any atom is -0.393 e. The van der Waals surface area contributed by atoms with Gasteiger partial charge in [-0.3, -0.25) is 0 Å². The van der Waals surface area contributed by atoms with Gasteiger partial charge in [0.25, 0.3) is 0 Å². The molecule has 0 radical (unpaired) electrons. The molecule has 0 aliphatic rings. The Bertz CT molecular complexity index is 318. The van der Waals surface area contributed by atoms with Crippen molar-refractivity contribution in [1.29, 1.82) is 0 Å². The summed E-state index contributed by atoms with van der Waals surface area (Å²) in [5.74, 6) is 0. The molecule has 1 rings (SSSR count). The first-order chi connectivity index (χ1) is 6.52. The fourth-order valence-electron chi connectivity index (χ4n) is 1.50. The van der Waals surface area contributed by atoms with E-state index in [-0.39, 0.29) is 6.10 Å². The first-order valence-corrected chi connectivity index (χ1v) is 5.74. The van der Waals surface area contributed by atoms with Crippen LogP contribution in [0.25, 0.3) is 0 Å². The van der Waals surface area contributed by atoms with Crippen LogP contribution in [-0.2, 0) is 6.42 Å². The molecule has 1 unspecified atom stereocenters. The molecular formula is C12H17BrO. The summed E-state index contributed by atoms with van der Waals surface area (Å²) in [4.78, 5) is 0. The molecule has 0 spiro atoms. The number of rotatable bonds is 3. The van der Waals surface area contributed by atoms with Crippen LogP contribution >= 0.6 is 15.9 Å².